The summed E-state index contributed by atoms with van der Waals surface area (Å²) < 4.78 is 1.80. The van der Waals surface area contributed by atoms with Crippen LogP contribution in [-0.4, -0.2) is 26.3 Å². The standard InChI is InChI=1S/C14H19N5/c1-3-15-13-7-12(11-8-16-19(2)9-11)17-14(18-13)6-10-4-5-10/h7-10H,3-6H2,1-2H3,(H,15,17,18). The van der Waals surface area contributed by atoms with Crippen molar-refractivity contribution in [1.82, 2.24) is 19.7 Å². The average Bonchev–Trinajstić information content (AvgIpc) is 3.08. The third kappa shape index (κ3) is 2.92. The van der Waals surface area contributed by atoms with E-state index < -0.39 is 0 Å². The van der Waals surface area contributed by atoms with Crippen LogP contribution in [0, 0.1) is 5.92 Å². The first-order valence-electron chi connectivity index (χ1n) is 6.85. The van der Waals surface area contributed by atoms with E-state index in [4.69, 9.17) is 0 Å². The van der Waals surface area contributed by atoms with E-state index in [-0.39, 0.29) is 0 Å². The lowest BCUT2D eigenvalue weighted by molar-refractivity contribution is 0.767. The quantitative estimate of drug-likeness (QED) is 0.892. The van der Waals surface area contributed by atoms with Gasteiger partial charge in [0, 0.05) is 37.8 Å². The first kappa shape index (κ1) is 12.1. The molecule has 1 aliphatic rings. The second-order valence-electron chi connectivity index (χ2n) is 5.14. The van der Waals surface area contributed by atoms with Gasteiger partial charge in [0.15, 0.2) is 0 Å². The highest BCUT2D eigenvalue weighted by molar-refractivity contribution is 5.60. The van der Waals surface area contributed by atoms with Gasteiger partial charge in [-0.25, -0.2) is 9.97 Å². The Morgan fingerprint density at radius 3 is 2.84 bits per heavy atom. The molecule has 2 heterocycles. The molecule has 1 N–H and O–H groups in total. The molecule has 0 amide bonds. The van der Waals surface area contributed by atoms with E-state index in [0.717, 1.165) is 41.8 Å². The van der Waals surface area contributed by atoms with Crippen molar-refractivity contribution in [3.05, 3.63) is 24.3 Å². The highest BCUT2D eigenvalue weighted by atomic mass is 15.2. The minimum atomic E-state index is 0.790. The Labute approximate surface area is 113 Å². The number of aryl methyl sites for hydroxylation is 1. The Bertz CT molecular complexity index is 571. The lowest BCUT2D eigenvalue weighted by atomic mass is 10.2. The molecule has 0 unspecified atom stereocenters. The summed E-state index contributed by atoms with van der Waals surface area (Å²) >= 11 is 0. The maximum atomic E-state index is 4.67. The van der Waals surface area contributed by atoms with Crippen LogP contribution in [0.3, 0.4) is 0 Å². The van der Waals surface area contributed by atoms with Crippen LogP contribution >= 0.6 is 0 Å². The normalized spacial score (nSPS) is 14.6. The van der Waals surface area contributed by atoms with Crippen LogP contribution < -0.4 is 5.32 Å². The molecule has 1 saturated carbocycles. The summed E-state index contributed by atoms with van der Waals surface area (Å²) in [7, 11) is 1.92. The Kier molecular flexibility index (Phi) is 3.19. The third-order valence-corrected chi connectivity index (χ3v) is 3.30. The summed E-state index contributed by atoms with van der Waals surface area (Å²) in [5.74, 6) is 2.64. The van der Waals surface area contributed by atoms with Crippen LogP contribution in [0.15, 0.2) is 18.5 Å². The molecule has 0 aliphatic heterocycles. The van der Waals surface area contributed by atoms with Crippen LogP contribution in [0.5, 0.6) is 0 Å². The van der Waals surface area contributed by atoms with Gasteiger partial charge in [-0.3, -0.25) is 4.68 Å². The Balaban J connectivity index is 1.94. The van der Waals surface area contributed by atoms with Crippen molar-refractivity contribution in [3.63, 3.8) is 0 Å². The number of hydrogen-bond acceptors (Lipinski definition) is 4. The predicted molar refractivity (Wildman–Crippen MR) is 74.8 cm³/mol. The molecule has 0 atom stereocenters. The molecular formula is C14H19N5. The fourth-order valence-corrected chi connectivity index (χ4v) is 2.14. The van der Waals surface area contributed by atoms with Gasteiger partial charge < -0.3 is 5.32 Å². The molecular weight excluding hydrogens is 238 g/mol. The highest BCUT2D eigenvalue weighted by Crippen LogP contribution is 2.32. The lowest BCUT2D eigenvalue weighted by Gasteiger charge is -2.07. The van der Waals surface area contributed by atoms with Crippen molar-refractivity contribution < 1.29 is 0 Å². The maximum Gasteiger partial charge on any atom is 0.131 e. The van der Waals surface area contributed by atoms with E-state index in [1.165, 1.54) is 12.8 Å². The molecule has 0 bridgehead atoms. The summed E-state index contributed by atoms with van der Waals surface area (Å²) in [5.41, 5.74) is 2.00. The van der Waals surface area contributed by atoms with E-state index in [2.05, 4.69) is 27.3 Å². The SMILES string of the molecule is CCNc1cc(-c2cnn(C)c2)nc(CC2CC2)n1. The molecule has 0 radical (unpaired) electrons. The van der Waals surface area contributed by atoms with E-state index in [0.29, 0.717) is 0 Å². The van der Waals surface area contributed by atoms with Gasteiger partial charge in [-0.15, -0.1) is 0 Å². The zero-order chi connectivity index (χ0) is 13.2. The zero-order valence-electron chi connectivity index (χ0n) is 11.4. The Hall–Kier alpha value is -1.91. The number of anilines is 1. The summed E-state index contributed by atoms with van der Waals surface area (Å²) in [5, 5.41) is 7.49. The molecule has 19 heavy (non-hydrogen) atoms. The van der Waals surface area contributed by atoms with Crippen molar-refractivity contribution in [3.8, 4) is 11.3 Å². The van der Waals surface area contributed by atoms with Crippen molar-refractivity contribution in [2.45, 2.75) is 26.2 Å². The van der Waals surface area contributed by atoms with Crippen LogP contribution in [0.1, 0.15) is 25.6 Å². The van der Waals surface area contributed by atoms with Gasteiger partial charge in [0.2, 0.25) is 0 Å². The van der Waals surface area contributed by atoms with Crippen LogP contribution in [0.25, 0.3) is 11.3 Å². The summed E-state index contributed by atoms with van der Waals surface area (Å²) in [6.07, 6.45) is 7.46. The topological polar surface area (TPSA) is 55.6 Å². The van der Waals surface area contributed by atoms with E-state index in [9.17, 15) is 0 Å². The average molecular weight is 257 g/mol. The Morgan fingerprint density at radius 2 is 2.21 bits per heavy atom. The van der Waals surface area contributed by atoms with Gasteiger partial charge in [-0.1, -0.05) is 0 Å². The smallest absolute Gasteiger partial charge is 0.131 e. The van der Waals surface area contributed by atoms with E-state index in [1.807, 2.05) is 25.5 Å². The van der Waals surface area contributed by atoms with Crippen LogP contribution in [0.4, 0.5) is 5.82 Å². The number of nitrogens with zero attached hydrogens (tertiary/aromatic N) is 4. The molecule has 5 nitrogen and oxygen atoms in total. The van der Waals surface area contributed by atoms with E-state index >= 15 is 0 Å². The first-order valence-corrected chi connectivity index (χ1v) is 6.85. The monoisotopic (exact) mass is 257 g/mol. The number of rotatable bonds is 5. The van der Waals surface area contributed by atoms with Crippen LogP contribution in [-0.2, 0) is 13.5 Å². The van der Waals surface area contributed by atoms with Gasteiger partial charge >= 0.3 is 0 Å². The minimum absolute atomic E-state index is 0.790. The van der Waals surface area contributed by atoms with Gasteiger partial charge in [-0.05, 0) is 25.7 Å². The van der Waals surface area contributed by atoms with Gasteiger partial charge in [0.05, 0.1) is 11.9 Å². The molecule has 0 saturated heterocycles. The van der Waals surface area contributed by atoms with Crippen LogP contribution in [0.2, 0.25) is 0 Å². The van der Waals surface area contributed by atoms with Crippen molar-refractivity contribution in [2.24, 2.45) is 13.0 Å². The molecule has 0 aromatic carbocycles. The molecule has 3 rings (SSSR count). The predicted octanol–water partition coefficient (Wildman–Crippen LogP) is 2.26. The van der Waals surface area contributed by atoms with E-state index in [1.54, 1.807) is 4.68 Å². The second-order valence-corrected chi connectivity index (χ2v) is 5.14. The molecule has 100 valence electrons. The number of nitrogens with one attached hydrogen (secondary N) is 1. The highest BCUT2D eigenvalue weighted by Gasteiger charge is 2.23. The molecule has 2 aromatic heterocycles. The fraction of sp³-hybridized carbons (Fsp3) is 0.500. The Morgan fingerprint density at radius 1 is 1.37 bits per heavy atom. The van der Waals surface area contributed by atoms with Crippen molar-refractivity contribution >= 4 is 5.82 Å². The maximum absolute atomic E-state index is 4.67. The number of aromatic nitrogens is 4. The molecule has 1 aliphatic carbocycles. The number of hydrogen-bond donors (Lipinski definition) is 1. The molecule has 1 fully saturated rings. The van der Waals surface area contributed by atoms with Gasteiger partial charge in [-0.2, -0.15) is 5.10 Å². The lowest BCUT2D eigenvalue weighted by Crippen LogP contribution is -2.05. The third-order valence-electron chi connectivity index (χ3n) is 3.30. The van der Waals surface area contributed by atoms with Crippen molar-refractivity contribution in [2.75, 3.05) is 11.9 Å². The van der Waals surface area contributed by atoms with Crippen molar-refractivity contribution in [1.29, 1.82) is 0 Å². The largest absolute Gasteiger partial charge is 0.370 e. The second kappa shape index (κ2) is 4.99. The molecule has 2 aromatic rings. The summed E-state index contributed by atoms with van der Waals surface area (Å²) in [6, 6.07) is 2.00. The minimum Gasteiger partial charge on any atom is -0.370 e. The zero-order valence-corrected chi connectivity index (χ0v) is 11.4. The molecule has 5 heteroatoms. The van der Waals surface area contributed by atoms with Gasteiger partial charge in [0.1, 0.15) is 11.6 Å². The summed E-state index contributed by atoms with van der Waals surface area (Å²) in [4.78, 5) is 9.26. The summed E-state index contributed by atoms with van der Waals surface area (Å²) in [6.45, 7) is 2.94. The molecule has 0 spiro atoms. The fourth-order valence-electron chi connectivity index (χ4n) is 2.14. The first-order chi connectivity index (χ1) is 9.24. The van der Waals surface area contributed by atoms with Gasteiger partial charge in [0.25, 0.3) is 0 Å².